The van der Waals surface area contributed by atoms with Crippen LogP contribution in [0, 0.1) is 5.41 Å². The molecule has 1 aromatic rings. The van der Waals surface area contributed by atoms with E-state index in [4.69, 9.17) is 4.74 Å². The van der Waals surface area contributed by atoms with Gasteiger partial charge >= 0.3 is 5.97 Å². The zero-order valence-corrected chi connectivity index (χ0v) is 13.9. The first kappa shape index (κ1) is 17.7. The number of carbonyl (C=O) groups is 1. The molecule has 0 fully saturated rings. The predicted molar refractivity (Wildman–Crippen MR) is 82.0 cm³/mol. The molecular formula is C17H26O4. The van der Waals surface area contributed by atoms with E-state index in [2.05, 4.69) is 0 Å². The maximum atomic E-state index is 12.0. The van der Waals surface area contributed by atoms with Gasteiger partial charge in [0.2, 0.25) is 0 Å². The number of esters is 1. The molecule has 4 heteroatoms. The topological polar surface area (TPSA) is 66.8 Å². The molecule has 21 heavy (non-hydrogen) atoms. The molecule has 2 N–H and O–H groups in total. The van der Waals surface area contributed by atoms with Crippen LogP contribution in [0.1, 0.15) is 59.6 Å². The summed E-state index contributed by atoms with van der Waals surface area (Å²) in [6.45, 7) is 11.9. The molecule has 0 unspecified atom stereocenters. The van der Waals surface area contributed by atoms with Gasteiger partial charge in [-0.1, -0.05) is 0 Å². The van der Waals surface area contributed by atoms with Crippen molar-refractivity contribution in [1.29, 1.82) is 0 Å². The van der Waals surface area contributed by atoms with Crippen molar-refractivity contribution in [2.45, 2.75) is 59.7 Å². The number of aliphatic hydroxyl groups is 2. The summed E-state index contributed by atoms with van der Waals surface area (Å²) in [5.74, 6) is -0.0382. The molecule has 0 atom stereocenters. The summed E-state index contributed by atoms with van der Waals surface area (Å²) >= 11 is 0. The number of benzene rings is 1. The molecule has 4 nitrogen and oxygen atoms in total. The van der Waals surface area contributed by atoms with Gasteiger partial charge in [-0.2, -0.15) is 0 Å². The second-order valence-corrected chi connectivity index (χ2v) is 7.50. The molecule has 0 aliphatic heterocycles. The Morgan fingerprint density at radius 3 is 1.52 bits per heavy atom. The first-order chi connectivity index (χ1) is 9.21. The highest BCUT2D eigenvalue weighted by atomic mass is 16.5. The van der Waals surface area contributed by atoms with Crippen LogP contribution in [0.25, 0.3) is 0 Å². The molecule has 0 aliphatic carbocycles. The van der Waals surface area contributed by atoms with E-state index in [1.165, 1.54) is 0 Å². The van der Waals surface area contributed by atoms with Gasteiger partial charge in [0.1, 0.15) is 5.75 Å². The zero-order valence-electron chi connectivity index (χ0n) is 13.9. The largest absolute Gasteiger partial charge is 0.426 e. The van der Waals surface area contributed by atoms with Gasteiger partial charge in [-0.3, -0.25) is 4.79 Å². The maximum Gasteiger partial charge on any atom is 0.316 e. The summed E-state index contributed by atoms with van der Waals surface area (Å²) in [7, 11) is 0. The minimum Gasteiger partial charge on any atom is -0.426 e. The smallest absolute Gasteiger partial charge is 0.316 e. The van der Waals surface area contributed by atoms with Crippen LogP contribution in [-0.4, -0.2) is 16.2 Å². The third-order valence-corrected chi connectivity index (χ3v) is 3.14. The van der Waals surface area contributed by atoms with E-state index in [-0.39, 0.29) is 5.97 Å². The monoisotopic (exact) mass is 294 g/mol. The third kappa shape index (κ3) is 4.83. The molecule has 0 saturated heterocycles. The fourth-order valence-electron chi connectivity index (χ4n) is 1.62. The lowest BCUT2D eigenvalue weighted by atomic mass is 9.90. The van der Waals surface area contributed by atoms with Crippen LogP contribution in [-0.2, 0) is 16.0 Å². The Hall–Kier alpha value is -1.39. The van der Waals surface area contributed by atoms with Crippen molar-refractivity contribution in [3.8, 4) is 5.75 Å². The van der Waals surface area contributed by atoms with Crippen LogP contribution in [0.15, 0.2) is 18.2 Å². The average Bonchev–Trinajstić information content (AvgIpc) is 2.24. The number of rotatable bonds is 3. The Morgan fingerprint density at radius 1 is 0.857 bits per heavy atom. The number of hydrogen-bond acceptors (Lipinski definition) is 4. The molecule has 0 radical (unpaired) electrons. The Morgan fingerprint density at radius 2 is 1.24 bits per heavy atom. The number of ether oxygens (including phenoxy) is 1. The van der Waals surface area contributed by atoms with Crippen molar-refractivity contribution in [2.75, 3.05) is 0 Å². The predicted octanol–water partition coefficient (Wildman–Crippen LogP) is 3.09. The standard InChI is InChI=1S/C17H26O4/c1-15(2,3)14(18)21-13-9-11(16(4,5)19)8-12(10-13)17(6,7)20/h8-10,19-20H,1-7H3. The van der Waals surface area contributed by atoms with E-state index >= 15 is 0 Å². The van der Waals surface area contributed by atoms with Crippen molar-refractivity contribution in [3.05, 3.63) is 29.3 Å². The molecule has 0 bridgehead atoms. The zero-order chi connectivity index (χ0) is 16.6. The van der Waals surface area contributed by atoms with Crippen molar-refractivity contribution in [2.24, 2.45) is 5.41 Å². The highest BCUT2D eigenvalue weighted by Crippen LogP contribution is 2.32. The summed E-state index contributed by atoms with van der Waals surface area (Å²) in [4.78, 5) is 12.0. The fourth-order valence-corrected chi connectivity index (χ4v) is 1.62. The van der Waals surface area contributed by atoms with Crippen LogP contribution in [0.3, 0.4) is 0 Å². The van der Waals surface area contributed by atoms with Crippen molar-refractivity contribution >= 4 is 5.97 Å². The lowest BCUT2D eigenvalue weighted by Crippen LogP contribution is -2.26. The van der Waals surface area contributed by atoms with Crippen molar-refractivity contribution in [1.82, 2.24) is 0 Å². The summed E-state index contributed by atoms with van der Waals surface area (Å²) in [6.07, 6.45) is 0. The highest BCUT2D eigenvalue weighted by molar-refractivity contribution is 5.78. The van der Waals surface area contributed by atoms with Crippen LogP contribution in [0.2, 0.25) is 0 Å². The Bertz CT molecular complexity index is 493. The van der Waals surface area contributed by atoms with Gasteiger partial charge in [-0.25, -0.2) is 0 Å². The molecular weight excluding hydrogens is 268 g/mol. The van der Waals surface area contributed by atoms with Gasteiger partial charge in [0.05, 0.1) is 16.6 Å². The van der Waals surface area contributed by atoms with E-state index in [1.807, 2.05) is 0 Å². The SMILES string of the molecule is CC(C)(C)C(=O)Oc1cc(C(C)(C)O)cc(C(C)(C)O)c1. The Kier molecular flexibility index (Phi) is 4.56. The van der Waals surface area contributed by atoms with Gasteiger partial charge in [0.15, 0.2) is 0 Å². The van der Waals surface area contributed by atoms with Gasteiger partial charge in [0, 0.05) is 0 Å². The molecule has 0 saturated carbocycles. The normalized spacial score (nSPS) is 13.2. The molecule has 0 spiro atoms. The fraction of sp³-hybridized carbons (Fsp3) is 0.588. The molecule has 118 valence electrons. The van der Waals surface area contributed by atoms with E-state index in [1.54, 1.807) is 66.7 Å². The Balaban J connectivity index is 3.30. The van der Waals surface area contributed by atoms with E-state index in [0.717, 1.165) is 0 Å². The van der Waals surface area contributed by atoms with Crippen LogP contribution in [0.4, 0.5) is 0 Å². The molecule has 1 rings (SSSR count). The Labute approximate surface area is 126 Å². The molecule has 0 heterocycles. The lowest BCUT2D eigenvalue weighted by Gasteiger charge is -2.25. The van der Waals surface area contributed by atoms with Crippen molar-refractivity contribution < 1.29 is 19.7 Å². The maximum absolute atomic E-state index is 12.0. The molecule has 0 aromatic heterocycles. The summed E-state index contributed by atoms with van der Waals surface area (Å²) in [6, 6.07) is 4.96. The summed E-state index contributed by atoms with van der Waals surface area (Å²) in [5, 5.41) is 20.4. The van der Waals surface area contributed by atoms with Gasteiger partial charge in [-0.05, 0) is 77.8 Å². The molecule has 1 aromatic carbocycles. The number of carbonyl (C=O) groups excluding carboxylic acids is 1. The van der Waals surface area contributed by atoms with E-state index < -0.39 is 16.6 Å². The minimum atomic E-state index is -1.09. The number of hydrogen-bond donors (Lipinski definition) is 2. The highest BCUT2D eigenvalue weighted by Gasteiger charge is 2.27. The summed E-state index contributed by atoms with van der Waals surface area (Å²) < 4.78 is 5.39. The van der Waals surface area contributed by atoms with Crippen LogP contribution in [0.5, 0.6) is 5.75 Å². The van der Waals surface area contributed by atoms with Gasteiger partial charge < -0.3 is 14.9 Å². The van der Waals surface area contributed by atoms with E-state index in [0.29, 0.717) is 16.9 Å². The molecule has 0 aliphatic rings. The lowest BCUT2D eigenvalue weighted by molar-refractivity contribution is -0.143. The van der Waals surface area contributed by atoms with Crippen LogP contribution < -0.4 is 4.74 Å². The summed E-state index contributed by atoms with van der Waals surface area (Å²) in [5.41, 5.74) is -1.65. The molecule has 0 amide bonds. The van der Waals surface area contributed by atoms with Gasteiger partial charge in [0.25, 0.3) is 0 Å². The quantitative estimate of drug-likeness (QED) is 0.664. The second-order valence-electron chi connectivity index (χ2n) is 7.50. The van der Waals surface area contributed by atoms with Gasteiger partial charge in [-0.15, -0.1) is 0 Å². The first-order valence-electron chi connectivity index (χ1n) is 7.04. The van der Waals surface area contributed by atoms with Crippen LogP contribution >= 0.6 is 0 Å². The second kappa shape index (κ2) is 5.43. The van der Waals surface area contributed by atoms with E-state index in [9.17, 15) is 15.0 Å². The third-order valence-electron chi connectivity index (χ3n) is 3.14. The average molecular weight is 294 g/mol. The first-order valence-corrected chi connectivity index (χ1v) is 7.04. The minimum absolute atomic E-state index is 0.326. The van der Waals surface area contributed by atoms with Crippen molar-refractivity contribution in [3.63, 3.8) is 0 Å².